The second-order valence-corrected chi connectivity index (χ2v) is 5.51. The topological polar surface area (TPSA) is 81.7 Å². The summed E-state index contributed by atoms with van der Waals surface area (Å²) in [6.07, 6.45) is 1.83. The summed E-state index contributed by atoms with van der Waals surface area (Å²) in [5, 5.41) is 9.52. The largest absolute Gasteiger partial charge is 0.324 e. The number of hydrazine groups is 1. The predicted molar refractivity (Wildman–Crippen MR) is 76.0 cm³/mol. The molecule has 0 radical (unpaired) electrons. The minimum Gasteiger partial charge on any atom is -0.324 e. The Morgan fingerprint density at radius 1 is 1.26 bits per heavy atom. The number of nitrogens with one attached hydrogen (secondary N) is 1. The summed E-state index contributed by atoms with van der Waals surface area (Å²) in [5.41, 5.74) is 7.13. The number of imidazole rings is 1. The number of fused-ring (bicyclic) bond motifs is 1. The maximum atomic E-state index is 5.30. The zero-order valence-corrected chi connectivity index (χ0v) is 11.5. The van der Waals surface area contributed by atoms with Crippen molar-refractivity contribution in [2.45, 2.75) is 20.4 Å². The van der Waals surface area contributed by atoms with Crippen molar-refractivity contribution in [3.8, 4) is 0 Å². The standard InChI is InChI=1S/C12H14N6S/c1-7-3-9-10(4-8(7)2)18(6-14-9)5-11-16-17-12(15-13)19-11/h3-4,6H,5,13H2,1-2H3,(H,15,17). The first-order valence-corrected chi connectivity index (χ1v) is 6.70. The minimum absolute atomic E-state index is 0.617. The van der Waals surface area contributed by atoms with E-state index in [-0.39, 0.29) is 0 Å². The number of rotatable bonds is 3. The van der Waals surface area contributed by atoms with Gasteiger partial charge in [-0.05, 0) is 37.1 Å². The van der Waals surface area contributed by atoms with Crippen LogP contribution >= 0.6 is 11.3 Å². The van der Waals surface area contributed by atoms with Gasteiger partial charge in [-0.2, -0.15) is 0 Å². The van der Waals surface area contributed by atoms with E-state index in [1.165, 1.54) is 22.5 Å². The van der Waals surface area contributed by atoms with Crippen LogP contribution in [-0.4, -0.2) is 19.7 Å². The molecular weight excluding hydrogens is 260 g/mol. The monoisotopic (exact) mass is 274 g/mol. The molecule has 0 unspecified atom stereocenters. The molecule has 0 fully saturated rings. The van der Waals surface area contributed by atoms with E-state index < -0.39 is 0 Å². The van der Waals surface area contributed by atoms with E-state index in [0.717, 1.165) is 16.0 Å². The molecule has 98 valence electrons. The second-order valence-electron chi connectivity index (χ2n) is 4.44. The van der Waals surface area contributed by atoms with Gasteiger partial charge in [-0.25, -0.2) is 10.8 Å². The number of nitrogens with zero attached hydrogens (tertiary/aromatic N) is 4. The molecule has 3 rings (SSSR count). The van der Waals surface area contributed by atoms with Crippen molar-refractivity contribution in [1.82, 2.24) is 19.7 Å². The summed E-state index contributed by atoms with van der Waals surface area (Å²) in [6, 6.07) is 4.26. The minimum atomic E-state index is 0.617. The van der Waals surface area contributed by atoms with Gasteiger partial charge in [0.15, 0.2) is 0 Å². The molecule has 0 spiro atoms. The molecule has 0 bridgehead atoms. The Kier molecular flexibility index (Phi) is 2.92. The third-order valence-corrected chi connectivity index (χ3v) is 3.97. The fourth-order valence-electron chi connectivity index (χ4n) is 1.96. The first-order valence-electron chi connectivity index (χ1n) is 5.88. The number of aromatic nitrogens is 4. The highest BCUT2D eigenvalue weighted by molar-refractivity contribution is 7.15. The Hall–Kier alpha value is -1.99. The van der Waals surface area contributed by atoms with Gasteiger partial charge in [-0.1, -0.05) is 11.3 Å². The van der Waals surface area contributed by atoms with Gasteiger partial charge in [0.25, 0.3) is 0 Å². The third-order valence-electron chi connectivity index (χ3n) is 3.13. The lowest BCUT2D eigenvalue weighted by Crippen LogP contribution is -2.05. The Balaban J connectivity index is 1.98. The van der Waals surface area contributed by atoms with Crippen molar-refractivity contribution < 1.29 is 0 Å². The van der Waals surface area contributed by atoms with Crippen molar-refractivity contribution >= 4 is 27.5 Å². The van der Waals surface area contributed by atoms with Gasteiger partial charge < -0.3 is 4.57 Å². The maximum Gasteiger partial charge on any atom is 0.219 e. The van der Waals surface area contributed by atoms with Crippen LogP contribution in [0.3, 0.4) is 0 Å². The number of anilines is 1. The van der Waals surface area contributed by atoms with Crippen LogP contribution in [0.25, 0.3) is 11.0 Å². The third kappa shape index (κ3) is 2.18. The van der Waals surface area contributed by atoms with Crippen molar-refractivity contribution in [1.29, 1.82) is 0 Å². The van der Waals surface area contributed by atoms with Crippen LogP contribution in [0.15, 0.2) is 18.5 Å². The van der Waals surface area contributed by atoms with Crippen molar-refractivity contribution in [2.24, 2.45) is 5.84 Å². The molecule has 7 heteroatoms. The molecular formula is C12H14N6S. The fraction of sp³-hybridized carbons (Fsp3) is 0.250. The van der Waals surface area contributed by atoms with E-state index in [1.807, 2.05) is 6.33 Å². The molecule has 0 saturated carbocycles. The van der Waals surface area contributed by atoms with Crippen molar-refractivity contribution in [2.75, 3.05) is 5.43 Å². The average Bonchev–Trinajstić information content (AvgIpc) is 2.99. The fourth-order valence-corrected chi connectivity index (χ4v) is 2.61. The molecule has 0 amide bonds. The Labute approximate surface area is 114 Å². The number of hydrogen-bond donors (Lipinski definition) is 2. The Morgan fingerprint density at radius 3 is 2.79 bits per heavy atom. The number of nitrogens with two attached hydrogens (primary N) is 1. The number of hydrogen-bond acceptors (Lipinski definition) is 6. The summed E-state index contributed by atoms with van der Waals surface area (Å²) in [7, 11) is 0. The lowest BCUT2D eigenvalue weighted by molar-refractivity contribution is 0.800. The van der Waals surface area contributed by atoms with Gasteiger partial charge in [0.1, 0.15) is 5.01 Å². The van der Waals surface area contributed by atoms with Gasteiger partial charge in [-0.15, -0.1) is 10.2 Å². The molecule has 0 atom stereocenters. The first kappa shape index (κ1) is 12.1. The maximum absolute atomic E-state index is 5.30. The number of aryl methyl sites for hydroxylation is 2. The zero-order valence-electron chi connectivity index (χ0n) is 10.7. The van der Waals surface area contributed by atoms with Crippen LogP contribution in [0.2, 0.25) is 0 Å². The van der Waals surface area contributed by atoms with Crippen LogP contribution in [-0.2, 0) is 6.54 Å². The van der Waals surface area contributed by atoms with Crippen LogP contribution in [0.1, 0.15) is 16.1 Å². The average molecular weight is 274 g/mol. The van der Waals surface area contributed by atoms with Crippen LogP contribution in [0.4, 0.5) is 5.13 Å². The van der Waals surface area contributed by atoms with E-state index in [4.69, 9.17) is 5.84 Å². The summed E-state index contributed by atoms with van der Waals surface area (Å²) >= 11 is 1.44. The first-order chi connectivity index (χ1) is 9.17. The quantitative estimate of drug-likeness (QED) is 0.562. The van der Waals surface area contributed by atoms with Gasteiger partial charge in [0.2, 0.25) is 5.13 Å². The van der Waals surface area contributed by atoms with Gasteiger partial charge in [-0.3, -0.25) is 5.43 Å². The lowest BCUT2D eigenvalue weighted by atomic mass is 10.1. The SMILES string of the molecule is Cc1cc2ncn(Cc3nnc(NN)s3)c2cc1C. The Morgan fingerprint density at radius 2 is 2.05 bits per heavy atom. The molecule has 1 aromatic carbocycles. The van der Waals surface area contributed by atoms with Crippen molar-refractivity contribution in [3.05, 3.63) is 34.6 Å². The molecule has 0 aliphatic carbocycles. The van der Waals surface area contributed by atoms with E-state index in [2.05, 4.69) is 51.2 Å². The molecule has 6 nitrogen and oxygen atoms in total. The summed E-state index contributed by atoms with van der Waals surface area (Å²) in [5.74, 6) is 5.30. The van der Waals surface area contributed by atoms with Crippen LogP contribution in [0, 0.1) is 13.8 Å². The zero-order chi connectivity index (χ0) is 13.4. The van der Waals surface area contributed by atoms with E-state index in [1.54, 1.807) is 0 Å². The summed E-state index contributed by atoms with van der Waals surface area (Å²) < 4.78 is 2.07. The van der Waals surface area contributed by atoms with E-state index in [0.29, 0.717) is 11.7 Å². The highest BCUT2D eigenvalue weighted by Gasteiger charge is 2.08. The smallest absolute Gasteiger partial charge is 0.219 e. The molecule has 3 aromatic rings. The predicted octanol–water partition coefficient (Wildman–Crippen LogP) is 1.84. The molecule has 2 heterocycles. The molecule has 2 aromatic heterocycles. The highest BCUT2D eigenvalue weighted by Crippen LogP contribution is 2.21. The summed E-state index contributed by atoms with van der Waals surface area (Å²) in [4.78, 5) is 4.42. The second kappa shape index (κ2) is 4.60. The molecule has 0 aliphatic heterocycles. The van der Waals surface area contributed by atoms with Crippen LogP contribution < -0.4 is 11.3 Å². The lowest BCUT2D eigenvalue weighted by Gasteiger charge is -2.03. The van der Waals surface area contributed by atoms with E-state index >= 15 is 0 Å². The normalized spacial score (nSPS) is 11.1. The van der Waals surface area contributed by atoms with Crippen LogP contribution in [0.5, 0.6) is 0 Å². The molecule has 0 aliphatic rings. The molecule has 19 heavy (non-hydrogen) atoms. The number of benzene rings is 1. The van der Waals surface area contributed by atoms with E-state index in [9.17, 15) is 0 Å². The number of nitrogen functional groups attached to an aromatic ring is 1. The van der Waals surface area contributed by atoms with Gasteiger partial charge >= 0.3 is 0 Å². The Bertz CT molecular complexity index is 729. The van der Waals surface area contributed by atoms with Gasteiger partial charge in [0, 0.05) is 0 Å². The molecule has 0 saturated heterocycles. The van der Waals surface area contributed by atoms with Gasteiger partial charge in [0.05, 0.1) is 23.9 Å². The summed E-state index contributed by atoms with van der Waals surface area (Å²) in [6.45, 7) is 4.85. The molecule has 3 N–H and O–H groups in total. The highest BCUT2D eigenvalue weighted by atomic mass is 32.1. The van der Waals surface area contributed by atoms with Crippen molar-refractivity contribution in [3.63, 3.8) is 0 Å².